The normalized spacial score (nSPS) is 24.4. The molecule has 2 heterocycles. The van der Waals surface area contributed by atoms with Crippen LogP contribution in [0.1, 0.15) is 6.92 Å². The Morgan fingerprint density at radius 1 is 1.00 bits per heavy atom. The molecule has 1 amide bonds. The Bertz CT molecular complexity index is 482. The lowest BCUT2D eigenvalue weighted by Gasteiger charge is -2.39. The number of rotatable bonds is 4. The quantitative estimate of drug-likeness (QED) is 0.657. The highest BCUT2D eigenvalue weighted by Gasteiger charge is 2.35. The van der Waals surface area contributed by atoms with Gasteiger partial charge in [-0.25, -0.2) is 0 Å². The molecule has 2 saturated heterocycles. The zero-order chi connectivity index (χ0) is 16.3. The zero-order valence-electron chi connectivity index (χ0n) is 13.4. The molecule has 22 heavy (non-hydrogen) atoms. The van der Waals surface area contributed by atoms with Crippen molar-refractivity contribution in [2.24, 2.45) is 11.7 Å². The lowest BCUT2D eigenvalue weighted by atomic mass is 10.1. The minimum Gasteiger partial charge on any atom is -0.340 e. The van der Waals surface area contributed by atoms with Crippen molar-refractivity contribution in [2.45, 2.75) is 6.92 Å². The van der Waals surface area contributed by atoms with Crippen molar-refractivity contribution in [1.29, 1.82) is 0 Å². The molecule has 8 nitrogen and oxygen atoms in total. The lowest BCUT2D eigenvalue weighted by molar-refractivity contribution is -0.135. The van der Waals surface area contributed by atoms with E-state index in [1.54, 1.807) is 16.1 Å². The van der Waals surface area contributed by atoms with E-state index in [9.17, 15) is 13.2 Å². The van der Waals surface area contributed by atoms with Crippen LogP contribution in [0, 0.1) is 5.92 Å². The second-order valence-electron chi connectivity index (χ2n) is 6.07. The maximum Gasteiger partial charge on any atom is 0.282 e. The van der Waals surface area contributed by atoms with Crippen molar-refractivity contribution in [3.8, 4) is 0 Å². The Hall–Kier alpha value is -0.740. The molecule has 0 radical (unpaired) electrons. The second-order valence-corrected chi connectivity index (χ2v) is 8.00. The average Bonchev–Trinajstić information content (AvgIpc) is 2.54. The molecule has 9 heteroatoms. The second kappa shape index (κ2) is 7.22. The van der Waals surface area contributed by atoms with Crippen molar-refractivity contribution < 1.29 is 13.2 Å². The Morgan fingerprint density at radius 2 is 1.45 bits per heavy atom. The molecule has 0 spiro atoms. The number of nitrogens with two attached hydrogens (primary N) is 1. The maximum atomic E-state index is 12.6. The van der Waals surface area contributed by atoms with Gasteiger partial charge in [-0.15, -0.1) is 0 Å². The SMILES string of the molecule is CC(CN)C(=O)N1CCN(S(=O)(=O)N2CCN(C)CC2)CC1. The summed E-state index contributed by atoms with van der Waals surface area (Å²) in [5.41, 5.74) is 5.52. The molecule has 2 N–H and O–H groups in total. The fraction of sp³-hybridized carbons (Fsp3) is 0.923. The third kappa shape index (κ3) is 3.77. The van der Waals surface area contributed by atoms with Crippen LogP contribution in [0.3, 0.4) is 0 Å². The fourth-order valence-electron chi connectivity index (χ4n) is 2.73. The summed E-state index contributed by atoms with van der Waals surface area (Å²) in [5, 5.41) is 0. The number of hydrogen-bond donors (Lipinski definition) is 1. The molecule has 2 rings (SSSR count). The molecular weight excluding hydrogens is 306 g/mol. The minimum atomic E-state index is -3.41. The number of amides is 1. The fourth-order valence-corrected chi connectivity index (χ4v) is 4.31. The van der Waals surface area contributed by atoms with Crippen LogP contribution >= 0.6 is 0 Å². The van der Waals surface area contributed by atoms with E-state index < -0.39 is 10.2 Å². The summed E-state index contributed by atoms with van der Waals surface area (Å²) in [4.78, 5) is 15.9. The van der Waals surface area contributed by atoms with Gasteiger partial charge in [0.15, 0.2) is 0 Å². The van der Waals surface area contributed by atoms with Gasteiger partial charge in [-0.2, -0.15) is 17.0 Å². The number of piperazine rings is 2. The van der Waals surface area contributed by atoms with E-state index in [-0.39, 0.29) is 11.8 Å². The van der Waals surface area contributed by atoms with Crippen molar-refractivity contribution in [3.63, 3.8) is 0 Å². The average molecular weight is 333 g/mol. The van der Waals surface area contributed by atoms with Crippen LogP contribution in [0.15, 0.2) is 0 Å². The Kier molecular flexibility index (Phi) is 5.78. The first-order chi connectivity index (χ1) is 10.4. The van der Waals surface area contributed by atoms with Gasteiger partial charge in [0.25, 0.3) is 10.2 Å². The van der Waals surface area contributed by atoms with E-state index in [1.807, 2.05) is 7.05 Å². The van der Waals surface area contributed by atoms with Crippen molar-refractivity contribution >= 4 is 16.1 Å². The summed E-state index contributed by atoms with van der Waals surface area (Å²) in [6, 6.07) is 0. The molecular formula is C13H27N5O3S. The van der Waals surface area contributed by atoms with E-state index in [0.29, 0.717) is 45.8 Å². The van der Waals surface area contributed by atoms with Gasteiger partial charge in [-0.05, 0) is 7.05 Å². The third-order valence-electron chi connectivity index (χ3n) is 4.44. The molecule has 0 saturated carbocycles. The van der Waals surface area contributed by atoms with Gasteiger partial charge in [0.1, 0.15) is 0 Å². The molecule has 128 valence electrons. The number of carbonyl (C=O) groups is 1. The molecule has 0 aromatic heterocycles. The van der Waals surface area contributed by atoms with Crippen LogP contribution in [0.2, 0.25) is 0 Å². The Morgan fingerprint density at radius 3 is 1.91 bits per heavy atom. The summed E-state index contributed by atoms with van der Waals surface area (Å²) in [6.07, 6.45) is 0. The summed E-state index contributed by atoms with van der Waals surface area (Å²) >= 11 is 0. The highest BCUT2D eigenvalue weighted by molar-refractivity contribution is 7.86. The van der Waals surface area contributed by atoms with E-state index >= 15 is 0 Å². The van der Waals surface area contributed by atoms with E-state index in [2.05, 4.69) is 4.90 Å². The van der Waals surface area contributed by atoms with Crippen LogP contribution < -0.4 is 5.73 Å². The van der Waals surface area contributed by atoms with Gasteiger partial charge >= 0.3 is 0 Å². The molecule has 2 aliphatic rings. The maximum absolute atomic E-state index is 12.6. The molecule has 0 aromatic rings. The van der Waals surface area contributed by atoms with Gasteiger partial charge in [0.05, 0.1) is 0 Å². The van der Waals surface area contributed by atoms with Crippen molar-refractivity contribution in [1.82, 2.24) is 18.4 Å². The number of hydrogen-bond acceptors (Lipinski definition) is 5. The minimum absolute atomic E-state index is 0.0131. The van der Waals surface area contributed by atoms with Crippen LogP contribution in [-0.4, -0.2) is 98.7 Å². The first-order valence-corrected chi connectivity index (χ1v) is 9.18. The van der Waals surface area contributed by atoms with Crippen molar-refractivity contribution in [3.05, 3.63) is 0 Å². The highest BCUT2D eigenvalue weighted by Crippen LogP contribution is 2.15. The Labute approximate surface area is 133 Å². The van der Waals surface area contributed by atoms with Gasteiger partial charge in [0, 0.05) is 64.8 Å². The van der Waals surface area contributed by atoms with Crippen LogP contribution in [0.4, 0.5) is 0 Å². The van der Waals surface area contributed by atoms with E-state index in [4.69, 9.17) is 5.73 Å². The highest BCUT2D eigenvalue weighted by atomic mass is 32.2. The first-order valence-electron chi connectivity index (χ1n) is 7.79. The molecule has 1 atom stereocenters. The van der Waals surface area contributed by atoms with Crippen LogP contribution in [-0.2, 0) is 15.0 Å². The monoisotopic (exact) mass is 333 g/mol. The molecule has 1 unspecified atom stereocenters. The Balaban J connectivity index is 1.92. The van der Waals surface area contributed by atoms with Gasteiger partial charge in [-0.1, -0.05) is 6.92 Å². The number of nitrogens with zero attached hydrogens (tertiary/aromatic N) is 4. The molecule has 0 aliphatic carbocycles. The summed E-state index contributed by atoms with van der Waals surface area (Å²) in [6.45, 7) is 6.29. The van der Waals surface area contributed by atoms with Gasteiger partial charge in [-0.3, -0.25) is 4.79 Å². The summed E-state index contributed by atoms with van der Waals surface area (Å²) in [5.74, 6) is -0.195. The smallest absolute Gasteiger partial charge is 0.282 e. The topological polar surface area (TPSA) is 90.2 Å². The third-order valence-corrected chi connectivity index (χ3v) is 6.48. The standard InChI is InChI=1S/C13H27N5O3S/c1-12(11-14)13(19)16-5-9-18(10-6-16)22(20,21)17-7-3-15(2)4-8-17/h12H,3-11,14H2,1-2H3. The lowest BCUT2D eigenvalue weighted by Crippen LogP contribution is -2.57. The number of likely N-dealkylation sites (N-methyl/N-ethyl adjacent to an activating group) is 1. The van der Waals surface area contributed by atoms with Gasteiger partial charge in [0.2, 0.25) is 5.91 Å². The van der Waals surface area contributed by atoms with Crippen molar-refractivity contribution in [2.75, 3.05) is 66.0 Å². The van der Waals surface area contributed by atoms with E-state index in [0.717, 1.165) is 13.1 Å². The van der Waals surface area contributed by atoms with Gasteiger partial charge < -0.3 is 15.5 Å². The van der Waals surface area contributed by atoms with Crippen LogP contribution in [0.5, 0.6) is 0 Å². The zero-order valence-corrected chi connectivity index (χ0v) is 14.3. The molecule has 2 fully saturated rings. The van der Waals surface area contributed by atoms with Crippen LogP contribution in [0.25, 0.3) is 0 Å². The molecule has 0 aromatic carbocycles. The summed E-state index contributed by atoms with van der Waals surface area (Å²) < 4.78 is 28.3. The predicted molar refractivity (Wildman–Crippen MR) is 84.4 cm³/mol. The van der Waals surface area contributed by atoms with E-state index in [1.165, 1.54) is 4.31 Å². The number of carbonyl (C=O) groups excluding carboxylic acids is 1. The first kappa shape index (κ1) is 17.6. The largest absolute Gasteiger partial charge is 0.340 e. The molecule has 0 bridgehead atoms. The predicted octanol–water partition coefficient (Wildman–Crippen LogP) is -1.78. The summed E-state index contributed by atoms with van der Waals surface area (Å²) in [7, 11) is -1.41. The molecule has 2 aliphatic heterocycles.